The Morgan fingerprint density at radius 2 is 1.61 bits per heavy atom. The van der Waals surface area contributed by atoms with Crippen molar-refractivity contribution in [2.75, 3.05) is 31.2 Å². The van der Waals surface area contributed by atoms with Gasteiger partial charge < -0.3 is 14.4 Å². The second-order valence-electron chi connectivity index (χ2n) is 8.25. The van der Waals surface area contributed by atoms with Crippen LogP contribution in [0.25, 0.3) is 5.57 Å². The molecule has 0 aromatic heterocycles. The smallest absolute Gasteiger partial charge is 0.282 e. The normalized spacial score (nSPS) is 17.2. The highest BCUT2D eigenvalue weighted by Gasteiger charge is 2.43. The van der Waals surface area contributed by atoms with Crippen LogP contribution in [0, 0.1) is 13.8 Å². The quantitative estimate of drug-likeness (QED) is 0.691. The Balaban J connectivity index is 1.77. The van der Waals surface area contributed by atoms with E-state index in [1.807, 2.05) is 50.8 Å². The fourth-order valence-electron chi connectivity index (χ4n) is 4.12. The molecular formula is C25H28N2O4. The van der Waals surface area contributed by atoms with Gasteiger partial charge in [-0.3, -0.25) is 9.59 Å². The molecule has 0 radical (unpaired) electrons. The number of hydrogen-bond donors (Lipinski definition) is 0. The van der Waals surface area contributed by atoms with E-state index in [2.05, 4.69) is 0 Å². The third-order valence-electron chi connectivity index (χ3n) is 5.50. The van der Waals surface area contributed by atoms with Crippen molar-refractivity contribution in [2.45, 2.75) is 33.8 Å². The lowest BCUT2D eigenvalue weighted by Gasteiger charge is -2.29. The highest BCUT2D eigenvalue weighted by atomic mass is 16.5. The Hall–Kier alpha value is -3.12. The zero-order chi connectivity index (χ0) is 22.1. The van der Waals surface area contributed by atoms with Crippen molar-refractivity contribution in [3.63, 3.8) is 0 Å². The maximum Gasteiger partial charge on any atom is 0.282 e. The number of morpholine rings is 1. The number of aryl methyl sites for hydroxylation is 2. The summed E-state index contributed by atoms with van der Waals surface area (Å²) in [6.07, 6.45) is 0.0478. The first kappa shape index (κ1) is 21.1. The lowest BCUT2D eigenvalue weighted by atomic mass is 9.97. The minimum atomic E-state index is -0.295. The number of benzene rings is 2. The van der Waals surface area contributed by atoms with Gasteiger partial charge in [0.2, 0.25) is 0 Å². The Labute approximate surface area is 183 Å². The number of rotatable bonds is 5. The molecule has 6 nitrogen and oxygen atoms in total. The van der Waals surface area contributed by atoms with E-state index in [0.717, 1.165) is 16.7 Å². The molecule has 0 spiro atoms. The Bertz CT molecular complexity index is 1030. The van der Waals surface area contributed by atoms with Crippen LogP contribution >= 0.6 is 0 Å². The fourth-order valence-corrected chi connectivity index (χ4v) is 4.12. The minimum Gasteiger partial charge on any atom is -0.491 e. The van der Waals surface area contributed by atoms with Crippen LogP contribution in [-0.2, 0) is 14.3 Å². The second kappa shape index (κ2) is 8.55. The molecule has 31 heavy (non-hydrogen) atoms. The first-order chi connectivity index (χ1) is 14.9. The van der Waals surface area contributed by atoms with Crippen molar-refractivity contribution < 1.29 is 19.1 Å². The van der Waals surface area contributed by atoms with Crippen LogP contribution in [0.2, 0.25) is 0 Å². The van der Waals surface area contributed by atoms with E-state index in [-0.39, 0.29) is 17.9 Å². The predicted molar refractivity (Wildman–Crippen MR) is 120 cm³/mol. The van der Waals surface area contributed by atoms with E-state index in [1.165, 1.54) is 4.90 Å². The van der Waals surface area contributed by atoms with Gasteiger partial charge in [-0.05, 0) is 63.1 Å². The van der Waals surface area contributed by atoms with Crippen molar-refractivity contribution in [3.05, 3.63) is 64.9 Å². The number of anilines is 1. The molecule has 2 heterocycles. The summed E-state index contributed by atoms with van der Waals surface area (Å²) in [5.74, 6) is 0.115. The number of imide groups is 1. The number of ether oxygens (including phenoxy) is 2. The molecule has 2 aromatic rings. The lowest BCUT2D eigenvalue weighted by Crippen LogP contribution is -2.40. The largest absolute Gasteiger partial charge is 0.491 e. The maximum absolute atomic E-state index is 13.6. The number of hydrogen-bond acceptors (Lipinski definition) is 5. The molecule has 0 atom stereocenters. The molecule has 4 rings (SSSR count). The van der Waals surface area contributed by atoms with Crippen LogP contribution in [0.4, 0.5) is 5.69 Å². The topological polar surface area (TPSA) is 59.1 Å². The summed E-state index contributed by atoms with van der Waals surface area (Å²) in [5, 5.41) is 0. The molecule has 2 aliphatic rings. The van der Waals surface area contributed by atoms with Crippen LogP contribution in [-0.4, -0.2) is 49.1 Å². The van der Waals surface area contributed by atoms with Crippen molar-refractivity contribution in [1.29, 1.82) is 0 Å². The van der Waals surface area contributed by atoms with E-state index >= 15 is 0 Å². The first-order valence-electron chi connectivity index (χ1n) is 10.7. The van der Waals surface area contributed by atoms with Gasteiger partial charge in [-0.15, -0.1) is 0 Å². The van der Waals surface area contributed by atoms with E-state index in [0.29, 0.717) is 49.0 Å². The summed E-state index contributed by atoms with van der Waals surface area (Å²) in [6.45, 7) is 10.1. The average Bonchev–Trinajstić information content (AvgIpc) is 2.99. The highest BCUT2D eigenvalue weighted by molar-refractivity contribution is 6.45. The van der Waals surface area contributed by atoms with Gasteiger partial charge in [0.25, 0.3) is 11.8 Å². The molecule has 1 saturated heterocycles. The Kier molecular flexibility index (Phi) is 5.83. The first-order valence-corrected chi connectivity index (χ1v) is 10.7. The van der Waals surface area contributed by atoms with Crippen LogP contribution in [0.1, 0.15) is 30.5 Å². The second-order valence-corrected chi connectivity index (χ2v) is 8.25. The number of carbonyl (C=O) groups excluding carboxylic acids is 2. The fraction of sp³-hybridized carbons (Fsp3) is 0.360. The van der Waals surface area contributed by atoms with E-state index in [1.54, 1.807) is 24.3 Å². The summed E-state index contributed by atoms with van der Waals surface area (Å²) in [4.78, 5) is 30.5. The molecule has 1 fully saturated rings. The van der Waals surface area contributed by atoms with Crippen LogP contribution < -0.4 is 9.64 Å². The van der Waals surface area contributed by atoms with Crippen LogP contribution in [0.3, 0.4) is 0 Å². The summed E-state index contributed by atoms with van der Waals surface area (Å²) >= 11 is 0. The number of carbonyl (C=O) groups is 2. The van der Waals surface area contributed by atoms with Crippen LogP contribution in [0.15, 0.2) is 48.2 Å². The van der Waals surface area contributed by atoms with Crippen molar-refractivity contribution in [2.24, 2.45) is 0 Å². The van der Waals surface area contributed by atoms with Gasteiger partial charge in [-0.25, -0.2) is 4.90 Å². The lowest BCUT2D eigenvalue weighted by molar-refractivity contribution is -0.121. The molecule has 0 bridgehead atoms. The standard InChI is InChI=1S/C25H28N2O4/c1-16(2)31-20-8-6-19(7-9-20)27-24(28)22(21-10-5-17(3)15-18(21)4)23(25(27)29)26-11-13-30-14-12-26/h5-10,15-16H,11-14H2,1-4H3. The number of amides is 2. The zero-order valence-electron chi connectivity index (χ0n) is 18.5. The van der Waals surface area contributed by atoms with Crippen molar-refractivity contribution in [3.8, 4) is 5.75 Å². The molecule has 162 valence electrons. The molecule has 0 saturated carbocycles. The molecule has 2 amide bonds. The van der Waals surface area contributed by atoms with Gasteiger partial charge in [0.1, 0.15) is 11.4 Å². The average molecular weight is 421 g/mol. The van der Waals surface area contributed by atoms with Crippen molar-refractivity contribution >= 4 is 23.1 Å². The summed E-state index contributed by atoms with van der Waals surface area (Å²) in [5.41, 5.74) is 4.35. The van der Waals surface area contributed by atoms with Gasteiger partial charge in [0.15, 0.2) is 0 Å². The minimum absolute atomic E-state index is 0.0478. The molecule has 6 heteroatoms. The molecule has 0 unspecified atom stereocenters. The SMILES string of the molecule is Cc1ccc(C2=C(N3CCOCC3)C(=O)N(c3ccc(OC(C)C)cc3)C2=O)c(C)c1. The molecule has 2 aromatic carbocycles. The van der Waals surface area contributed by atoms with Gasteiger partial charge in [-0.2, -0.15) is 0 Å². The third-order valence-corrected chi connectivity index (χ3v) is 5.50. The molecular weight excluding hydrogens is 392 g/mol. The molecule has 0 aliphatic carbocycles. The summed E-state index contributed by atoms with van der Waals surface area (Å²) in [6, 6.07) is 13.1. The van der Waals surface area contributed by atoms with E-state index in [9.17, 15) is 9.59 Å². The maximum atomic E-state index is 13.6. The van der Waals surface area contributed by atoms with E-state index in [4.69, 9.17) is 9.47 Å². The summed E-state index contributed by atoms with van der Waals surface area (Å²) in [7, 11) is 0. The van der Waals surface area contributed by atoms with Gasteiger partial charge in [0.05, 0.1) is 30.6 Å². The van der Waals surface area contributed by atoms with E-state index < -0.39 is 0 Å². The van der Waals surface area contributed by atoms with Crippen LogP contribution in [0.5, 0.6) is 5.75 Å². The molecule has 2 aliphatic heterocycles. The zero-order valence-corrected chi connectivity index (χ0v) is 18.5. The highest BCUT2D eigenvalue weighted by Crippen LogP contribution is 2.37. The summed E-state index contributed by atoms with van der Waals surface area (Å²) < 4.78 is 11.2. The predicted octanol–water partition coefficient (Wildman–Crippen LogP) is 3.71. The van der Waals surface area contributed by atoms with Gasteiger partial charge >= 0.3 is 0 Å². The Morgan fingerprint density at radius 1 is 0.935 bits per heavy atom. The third kappa shape index (κ3) is 4.08. The Morgan fingerprint density at radius 3 is 2.23 bits per heavy atom. The monoisotopic (exact) mass is 420 g/mol. The van der Waals surface area contributed by atoms with Gasteiger partial charge in [-0.1, -0.05) is 23.8 Å². The van der Waals surface area contributed by atoms with Crippen molar-refractivity contribution in [1.82, 2.24) is 4.90 Å². The number of nitrogens with zero attached hydrogens (tertiary/aromatic N) is 2. The van der Waals surface area contributed by atoms with Gasteiger partial charge in [0, 0.05) is 13.1 Å². The molecule has 0 N–H and O–H groups in total.